The SMILES string of the molecule is CCCN(CCC)C(=O)c1cc(C)cc(C(=O)OC(CNCc2cccc(OC)c2)C(N)CC(C)C)c1. The summed E-state index contributed by atoms with van der Waals surface area (Å²) in [6.45, 7) is 12.6. The summed E-state index contributed by atoms with van der Waals surface area (Å²) >= 11 is 0. The Balaban J connectivity index is 2.17. The average Bonchev–Trinajstić information content (AvgIpc) is 2.86. The van der Waals surface area contributed by atoms with Crippen molar-refractivity contribution in [3.63, 3.8) is 0 Å². The third-order valence-corrected chi connectivity index (χ3v) is 6.12. The van der Waals surface area contributed by atoms with E-state index < -0.39 is 12.1 Å². The molecule has 7 nitrogen and oxygen atoms in total. The van der Waals surface area contributed by atoms with Crippen molar-refractivity contribution in [2.24, 2.45) is 11.7 Å². The van der Waals surface area contributed by atoms with Crippen LogP contribution in [0, 0.1) is 12.8 Å². The van der Waals surface area contributed by atoms with Gasteiger partial charge in [0.05, 0.1) is 12.7 Å². The summed E-state index contributed by atoms with van der Waals surface area (Å²) in [5.41, 5.74) is 9.26. The Kier molecular flexibility index (Phi) is 12.6. The van der Waals surface area contributed by atoms with E-state index in [0.717, 1.165) is 36.1 Å². The highest BCUT2D eigenvalue weighted by Gasteiger charge is 2.25. The molecule has 0 aromatic heterocycles. The number of amides is 1. The number of aryl methyl sites for hydroxylation is 1. The van der Waals surface area contributed by atoms with Crippen LogP contribution in [-0.4, -0.2) is 55.7 Å². The number of rotatable bonds is 15. The first kappa shape index (κ1) is 30.3. The van der Waals surface area contributed by atoms with E-state index in [-0.39, 0.29) is 11.9 Å². The second-order valence-corrected chi connectivity index (χ2v) is 10.1. The zero-order valence-corrected chi connectivity index (χ0v) is 23.4. The highest BCUT2D eigenvalue weighted by atomic mass is 16.5. The van der Waals surface area contributed by atoms with Crippen LogP contribution in [0.3, 0.4) is 0 Å². The van der Waals surface area contributed by atoms with Gasteiger partial charge in [-0.05, 0) is 73.6 Å². The maximum Gasteiger partial charge on any atom is 0.338 e. The van der Waals surface area contributed by atoms with E-state index >= 15 is 0 Å². The lowest BCUT2D eigenvalue weighted by Crippen LogP contribution is -2.45. The minimum absolute atomic E-state index is 0.0607. The van der Waals surface area contributed by atoms with Crippen LogP contribution in [0.1, 0.15) is 78.8 Å². The maximum atomic E-state index is 13.3. The molecule has 0 radical (unpaired) electrons. The summed E-state index contributed by atoms with van der Waals surface area (Å²) < 4.78 is 11.3. The van der Waals surface area contributed by atoms with Crippen LogP contribution in [0.2, 0.25) is 0 Å². The molecule has 1 amide bonds. The van der Waals surface area contributed by atoms with Crippen molar-refractivity contribution in [1.29, 1.82) is 0 Å². The molecule has 204 valence electrons. The normalized spacial score (nSPS) is 12.8. The molecule has 7 heteroatoms. The summed E-state index contributed by atoms with van der Waals surface area (Å²) in [5.74, 6) is 0.623. The standard InChI is InChI=1S/C30H45N3O4/c1-7-12-33(13-8-2)29(34)24-15-22(5)16-25(18-24)30(35)37-28(27(31)14-21(3)4)20-32-19-23-10-9-11-26(17-23)36-6/h9-11,15-18,21,27-28,32H,7-8,12-14,19-20,31H2,1-6H3. The zero-order valence-electron chi connectivity index (χ0n) is 23.4. The molecule has 2 atom stereocenters. The van der Waals surface area contributed by atoms with Crippen LogP contribution in [0.15, 0.2) is 42.5 Å². The lowest BCUT2D eigenvalue weighted by atomic mass is 9.99. The van der Waals surface area contributed by atoms with Crippen LogP contribution >= 0.6 is 0 Å². The molecule has 2 aromatic carbocycles. The molecule has 0 aliphatic heterocycles. The number of carbonyl (C=O) groups excluding carboxylic acids is 2. The molecule has 0 aliphatic rings. The van der Waals surface area contributed by atoms with Gasteiger partial charge >= 0.3 is 5.97 Å². The molecule has 0 heterocycles. The number of esters is 1. The Morgan fingerprint density at radius 2 is 1.70 bits per heavy atom. The van der Waals surface area contributed by atoms with Crippen molar-refractivity contribution in [1.82, 2.24) is 10.2 Å². The van der Waals surface area contributed by atoms with Gasteiger partial charge < -0.3 is 25.4 Å². The quantitative estimate of drug-likeness (QED) is 0.329. The molecule has 0 bridgehead atoms. The van der Waals surface area contributed by atoms with E-state index in [4.69, 9.17) is 15.2 Å². The summed E-state index contributed by atoms with van der Waals surface area (Å²) in [6, 6.07) is 12.7. The first-order valence-corrected chi connectivity index (χ1v) is 13.4. The van der Waals surface area contributed by atoms with Gasteiger partial charge in [-0.3, -0.25) is 4.79 Å². The Morgan fingerprint density at radius 1 is 1.03 bits per heavy atom. The van der Waals surface area contributed by atoms with Gasteiger partial charge in [-0.2, -0.15) is 0 Å². The van der Waals surface area contributed by atoms with Crippen molar-refractivity contribution in [3.8, 4) is 5.75 Å². The Labute approximate surface area is 222 Å². The molecular weight excluding hydrogens is 466 g/mol. The fraction of sp³-hybridized carbons (Fsp3) is 0.533. The van der Waals surface area contributed by atoms with Gasteiger partial charge in [0, 0.05) is 37.8 Å². The van der Waals surface area contributed by atoms with Crippen LogP contribution in [-0.2, 0) is 11.3 Å². The molecule has 2 aromatic rings. The number of carbonyl (C=O) groups is 2. The molecule has 0 spiro atoms. The van der Waals surface area contributed by atoms with Crippen LogP contribution in [0.5, 0.6) is 5.75 Å². The van der Waals surface area contributed by atoms with Gasteiger partial charge in [0.15, 0.2) is 0 Å². The Hall–Kier alpha value is -2.90. The van der Waals surface area contributed by atoms with Gasteiger partial charge in [-0.15, -0.1) is 0 Å². The van der Waals surface area contributed by atoms with Crippen molar-refractivity contribution in [2.45, 2.75) is 72.6 Å². The number of hydrogen-bond donors (Lipinski definition) is 2. The Bertz CT molecular complexity index is 1000. The fourth-order valence-corrected chi connectivity index (χ4v) is 4.38. The molecular formula is C30H45N3O4. The van der Waals surface area contributed by atoms with Gasteiger partial charge in [0.25, 0.3) is 5.91 Å². The molecule has 0 saturated carbocycles. The minimum Gasteiger partial charge on any atom is -0.497 e. The number of methoxy groups -OCH3 is 1. The van der Waals surface area contributed by atoms with E-state index in [1.165, 1.54) is 0 Å². The van der Waals surface area contributed by atoms with E-state index in [0.29, 0.717) is 43.2 Å². The first-order chi connectivity index (χ1) is 17.7. The predicted octanol–water partition coefficient (Wildman–Crippen LogP) is 4.95. The third-order valence-electron chi connectivity index (χ3n) is 6.12. The Morgan fingerprint density at radius 3 is 2.32 bits per heavy atom. The van der Waals surface area contributed by atoms with Gasteiger partial charge in [-0.25, -0.2) is 4.79 Å². The van der Waals surface area contributed by atoms with E-state index in [1.807, 2.05) is 42.2 Å². The third kappa shape index (κ3) is 9.82. The minimum atomic E-state index is -0.517. The second kappa shape index (κ2) is 15.4. The lowest BCUT2D eigenvalue weighted by molar-refractivity contribution is 0.0220. The van der Waals surface area contributed by atoms with Gasteiger partial charge in [-0.1, -0.05) is 39.8 Å². The zero-order chi connectivity index (χ0) is 27.4. The maximum absolute atomic E-state index is 13.3. The van der Waals surface area contributed by atoms with Crippen LogP contribution in [0.4, 0.5) is 0 Å². The summed E-state index contributed by atoms with van der Waals surface area (Å²) in [4.78, 5) is 28.3. The van der Waals surface area contributed by atoms with Gasteiger partial charge in [0.1, 0.15) is 11.9 Å². The number of nitrogens with two attached hydrogens (primary N) is 1. The van der Waals surface area contributed by atoms with Crippen molar-refractivity contribution in [2.75, 3.05) is 26.7 Å². The van der Waals surface area contributed by atoms with E-state index in [2.05, 4.69) is 33.0 Å². The molecule has 37 heavy (non-hydrogen) atoms. The van der Waals surface area contributed by atoms with Gasteiger partial charge in [0.2, 0.25) is 0 Å². The molecule has 2 unspecified atom stereocenters. The smallest absolute Gasteiger partial charge is 0.338 e. The summed E-state index contributed by atoms with van der Waals surface area (Å²) in [5, 5.41) is 3.37. The highest BCUT2D eigenvalue weighted by Crippen LogP contribution is 2.17. The number of benzene rings is 2. The van der Waals surface area contributed by atoms with Crippen molar-refractivity contribution in [3.05, 3.63) is 64.7 Å². The second-order valence-electron chi connectivity index (χ2n) is 10.1. The lowest BCUT2D eigenvalue weighted by Gasteiger charge is -2.26. The van der Waals surface area contributed by atoms with Crippen LogP contribution in [0.25, 0.3) is 0 Å². The molecule has 3 N–H and O–H groups in total. The topological polar surface area (TPSA) is 93.9 Å². The molecule has 0 saturated heterocycles. The van der Waals surface area contributed by atoms with E-state index in [9.17, 15) is 9.59 Å². The number of ether oxygens (including phenoxy) is 2. The number of hydrogen-bond acceptors (Lipinski definition) is 6. The molecule has 0 aliphatic carbocycles. The predicted molar refractivity (Wildman–Crippen MR) is 149 cm³/mol. The largest absolute Gasteiger partial charge is 0.497 e. The molecule has 2 rings (SSSR count). The average molecular weight is 512 g/mol. The van der Waals surface area contributed by atoms with Crippen molar-refractivity contribution < 1.29 is 19.1 Å². The highest BCUT2D eigenvalue weighted by molar-refractivity contribution is 5.98. The van der Waals surface area contributed by atoms with Crippen LogP contribution < -0.4 is 15.8 Å². The first-order valence-electron chi connectivity index (χ1n) is 13.4. The van der Waals surface area contributed by atoms with Crippen molar-refractivity contribution >= 4 is 11.9 Å². The summed E-state index contributed by atoms with van der Waals surface area (Å²) in [7, 11) is 1.64. The van der Waals surface area contributed by atoms with E-state index in [1.54, 1.807) is 19.2 Å². The number of nitrogens with zero attached hydrogens (tertiary/aromatic N) is 1. The number of nitrogens with one attached hydrogen (secondary N) is 1. The summed E-state index contributed by atoms with van der Waals surface area (Å²) in [6.07, 6.45) is 1.96. The molecule has 0 fully saturated rings. The fourth-order valence-electron chi connectivity index (χ4n) is 4.38. The monoisotopic (exact) mass is 511 g/mol.